The molecule has 100 valence electrons. The number of carbonyl (C=O) groups is 1. The van der Waals surface area contributed by atoms with Crippen molar-refractivity contribution in [2.24, 2.45) is 0 Å². The number of unbranched alkanes of at least 4 members (excludes halogenated alkanes) is 1. The Kier molecular flexibility index (Phi) is 5.16. The Balaban J connectivity index is 2.90. The standard InChI is InChI=1S/C11H17N3O4/c1-3-4-5-7(11(16)17)14-9-8(18-2)10(15)13-6-12-9/h6-7H,3-5H2,1-2H3,(H,16,17)(H2,12,13,14,15). The van der Waals surface area contributed by atoms with Crippen LogP contribution in [0.5, 0.6) is 5.75 Å². The molecule has 0 amide bonds. The Labute approximate surface area is 104 Å². The largest absolute Gasteiger partial charge is 0.489 e. The molecule has 0 spiro atoms. The first-order valence-corrected chi connectivity index (χ1v) is 5.71. The summed E-state index contributed by atoms with van der Waals surface area (Å²) in [6, 6.07) is -0.784. The second-order valence-corrected chi connectivity index (χ2v) is 3.79. The van der Waals surface area contributed by atoms with Crippen LogP contribution in [0.1, 0.15) is 26.2 Å². The molecule has 18 heavy (non-hydrogen) atoms. The quantitative estimate of drug-likeness (QED) is 0.666. The highest BCUT2D eigenvalue weighted by Gasteiger charge is 2.20. The van der Waals surface area contributed by atoms with E-state index in [0.717, 1.165) is 12.8 Å². The van der Waals surface area contributed by atoms with Crippen molar-refractivity contribution < 1.29 is 14.6 Å². The summed E-state index contributed by atoms with van der Waals surface area (Å²) >= 11 is 0. The highest BCUT2D eigenvalue weighted by atomic mass is 16.5. The van der Waals surface area contributed by atoms with E-state index in [1.165, 1.54) is 13.4 Å². The predicted molar refractivity (Wildman–Crippen MR) is 66.0 cm³/mol. The zero-order valence-corrected chi connectivity index (χ0v) is 10.4. The summed E-state index contributed by atoms with van der Waals surface area (Å²) in [5.41, 5.74) is -0.449. The molecule has 1 aromatic heterocycles. The van der Waals surface area contributed by atoms with E-state index < -0.39 is 17.6 Å². The number of ether oxygens (including phenoxy) is 1. The van der Waals surface area contributed by atoms with E-state index in [-0.39, 0.29) is 11.6 Å². The van der Waals surface area contributed by atoms with E-state index in [9.17, 15) is 9.59 Å². The van der Waals surface area contributed by atoms with Gasteiger partial charge in [-0.1, -0.05) is 19.8 Å². The average molecular weight is 255 g/mol. The van der Waals surface area contributed by atoms with Gasteiger partial charge in [-0.05, 0) is 6.42 Å². The highest BCUT2D eigenvalue weighted by molar-refractivity contribution is 5.77. The van der Waals surface area contributed by atoms with Gasteiger partial charge in [-0.2, -0.15) is 0 Å². The minimum atomic E-state index is -0.979. The molecule has 1 aromatic rings. The third-order valence-electron chi connectivity index (χ3n) is 2.47. The molecule has 0 saturated carbocycles. The van der Waals surface area contributed by atoms with Crippen molar-refractivity contribution in [1.82, 2.24) is 9.97 Å². The Bertz CT molecular complexity index is 458. The van der Waals surface area contributed by atoms with Crippen molar-refractivity contribution in [1.29, 1.82) is 0 Å². The summed E-state index contributed by atoms with van der Waals surface area (Å²) in [5, 5.41) is 11.8. The molecule has 1 rings (SSSR count). The minimum absolute atomic E-state index is 0.0137. The maximum absolute atomic E-state index is 11.4. The first-order valence-electron chi connectivity index (χ1n) is 5.71. The molecule has 0 aromatic carbocycles. The average Bonchev–Trinajstić information content (AvgIpc) is 2.34. The number of carboxylic acid groups (broad SMARTS) is 1. The molecular formula is C11H17N3O4. The van der Waals surface area contributed by atoms with Crippen molar-refractivity contribution in [3.05, 3.63) is 16.7 Å². The molecule has 0 bridgehead atoms. The summed E-state index contributed by atoms with van der Waals surface area (Å²) in [6.45, 7) is 1.98. The van der Waals surface area contributed by atoms with Crippen LogP contribution < -0.4 is 15.6 Å². The number of anilines is 1. The Morgan fingerprint density at radius 1 is 1.67 bits per heavy atom. The van der Waals surface area contributed by atoms with Gasteiger partial charge in [0.2, 0.25) is 5.75 Å². The van der Waals surface area contributed by atoms with E-state index in [1.54, 1.807) is 0 Å². The Morgan fingerprint density at radius 2 is 2.39 bits per heavy atom. The number of aromatic nitrogens is 2. The van der Waals surface area contributed by atoms with Crippen LogP contribution in [-0.4, -0.2) is 34.2 Å². The number of hydrogen-bond donors (Lipinski definition) is 3. The molecule has 0 radical (unpaired) electrons. The number of H-pyrrole nitrogens is 1. The fourth-order valence-corrected chi connectivity index (χ4v) is 1.51. The monoisotopic (exact) mass is 255 g/mol. The van der Waals surface area contributed by atoms with Crippen LogP contribution >= 0.6 is 0 Å². The number of nitrogens with one attached hydrogen (secondary N) is 2. The van der Waals surface area contributed by atoms with Crippen LogP contribution in [0.2, 0.25) is 0 Å². The number of methoxy groups -OCH3 is 1. The van der Waals surface area contributed by atoms with Gasteiger partial charge in [0.25, 0.3) is 5.56 Å². The second-order valence-electron chi connectivity index (χ2n) is 3.79. The predicted octanol–water partition coefficient (Wildman–Crippen LogP) is 0.834. The van der Waals surface area contributed by atoms with Crippen LogP contribution in [0.3, 0.4) is 0 Å². The molecular weight excluding hydrogens is 238 g/mol. The number of carboxylic acids is 1. The lowest BCUT2D eigenvalue weighted by molar-refractivity contribution is -0.138. The fraction of sp³-hybridized carbons (Fsp3) is 0.545. The van der Waals surface area contributed by atoms with Gasteiger partial charge < -0.3 is 20.1 Å². The van der Waals surface area contributed by atoms with Crippen LogP contribution in [0.25, 0.3) is 0 Å². The summed E-state index contributed by atoms with van der Waals surface area (Å²) in [6.07, 6.45) is 3.33. The van der Waals surface area contributed by atoms with Crippen LogP contribution in [0.4, 0.5) is 5.82 Å². The molecule has 1 unspecified atom stereocenters. The van der Waals surface area contributed by atoms with Gasteiger partial charge in [0, 0.05) is 0 Å². The molecule has 0 aliphatic rings. The number of hydrogen-bond acceptors (Lipinski definition) is 5. The summed E-state index contributed by atoms with van der Waals surface area (Å²) in [4.78, 5) is 28.7. The smallest absolute Gasteiger partial charge is 0.326 e. The van der Waals surface area contributed by atoms with Gasteiger partial charge in [-0.15, -0.1) is 0 Å². The lowest BCUT2D eigenvalue weighted by Crippen LogP contribution is -2.30. The minimum Gasteiger partial charge on any atom is -0.489 e. The normalized spacial score (nSPS) is 11.9. The third kappa shape index (κ3) is 3.47. The van der Waals surface area contributed by atoms with Gasteiger partial charge in [-0.3, -0.25) is 4.79 Å². The lowest BCUT2D eigenvalue weighted by Gasteiger charge is -2.15. The first-order chi connectivity index (χ1) is 8.60. The van der Waals surface area contributed by atoms with E-state index in [1.807, 2.05) is 6.92 Å². The zero-order valence-electron chi connectivity index (χ0n) is 10.4. The molecule has 0 saturated heterocycles. The van der Waals surface area contributed by atoms with E-state index in [2.05, 4.69) is 15.3 Å². The van der Waals surface area contributed by atoms with E-state index in [0.29, 0.717) is 6.42 Å². The Morgan fingerprint density at radius 3 is 2.94 bits per heavy atom. The first kappa shape index (κ1) is 14.0. The SMILES string of the molecule is CCCCC(Nc1nc[nH]c(=O)c1OC)C(=O)O. The van der Waals surface area contributed by atoms with Crippen molar-refractivity contribution in [2.45, 2.75) is 32.2 Å². The van der Waals surface area contributed by atoms with Crippen LogP contribution in [0.15, 0.2) is 11.1 Å². The van der Waals surface area contributed by atoms with Crippen molar-refractivity contribution >= 4 is 11.8 Å². The maximum atomic E-state index is 11.4. The number of rotatable bonds is 7. The molecule has 3 N–H and O–H groups in total. The van der Waals surface area contributed by atoms with Crippen LogP contribution in [0, 0.1) is 0 Å². The molecule has 1 heterocycles. The topological polar surface area (TPSA) is 104 Å². The summed E-state index contributed by atoms with van der Waals surface area (Å²) in [5.74, 6) is -0.849. The summed E-state index contributed by atoms with van der Waals surface area (Å²) in [7, 11) is 1.33. The van der Waals surface area contributed by atoms with Gasteiger partial charge in [0.05, 0.1) is 13.4 Å². The fourth-order valence-electron chi connectivity index (χ4n) is 1.51. The molecule has 0 aliphatic heterocycles. The lowest BCUT2D eigenvalue weighted by atomic mass is 10.1. The Hall–Kier alpha value is -2.05. The third-order valence-corrected chi connectivity index (χ3v) is 2.47. The van der Waals surface area contributed by atoms with Gasteiger partial charge >= 0.3 is 5.97 Å². The van der Waals surface area contributed by atoms with Crippen LogP contribution in [-0.2, 0) is 4.79 Å². The zero-order chi connectivity index (χ0) is 13.5. The van der Waals surface area contributed by atoms with E-state index in [4.69, 9.17) is 9.84 Å². The van der Waals surface area contributed by atoms with Crippen molar-refractivity contribution in [2.75, 3.05) is 12.4 Å². The molecule has 1 atom stereocenters. The second kappa shape index (κ2) is 6.63. The van der Waals surface area contributed by atoms with Gasteiger partial charge in [0.15, 0.2) is 5.82 Å². The van der Waals surface area contributed by atoms with E-state index >= 15 is 0 Å². The van der Waals surface area contributed by atoms with Gasteiger partial charge in [0.1, 0.15) is 6.04 Å². The molecule has 0 fully saturated rings. The van der Waals surface area contributed by atoms with Gasteiger partial charge in [-0.25, -0.2) is 9.78 Å². The highest BCUT2D eigenvalue weighted by Crippen LogP contribution is 2.17. The molecule has 7 nitrogen and oxygen atoms in total. The molecule has 0 aliphatic carbocycles. The maximum Gasteiger partial charge on any atom is 0.326 e. The van der Waals surface area contributed by atoms with Crippen molar-refractivity contribution in [3.63, 3.8) is 0 Å². The number of nitrogens with zero attached hydrogens (tertiary/aromatic N) is 1. The number of aliphatic carboxylic acids is 1. The summed E-state index contributed by atoms with van der Waals surface area (Å²) < 4.78 is 4.90. The molecule has 7 heteroatoms. The number of aromatic amines is 1. The van der Waals surface area contributed by atoms with Crippen molar-refractivity contribution in [3.8, 4) is 5.75 Å².